The van der Waals surface area contributed by atoms with Crippen molar-refractivity contribution in [3.63, 3.8) is 0 Å². The summed E-state index contributed by atoms with van der Waals surface area (Å²) in [6, 6.07) is 6.61. The molecular weight excluding hydrogens is 250 g/mol. The maximum absolute atomic E-state index is 5.36. The summed E-state index contributed by atoms with van der Waals surface area (Å²) < 4.78 is 10.6. The fourth-order valence-electron chi connectivity index (χ4n) is 2.40. The van der Waals surface area contributed by atoms with E-state index in [1.807, 2.05) is 18.2 Å². The molecule has 0 spiro atoms. The van der Waals surface area contributed by atoms with E-state index in [9.17, 15) is 0 Å². The van der Waals surface area contributed by atoms with E-state index in [-0.39, 0.29) is 12.4 Å². The minimum absolute atomic E-state index is 0. The number of nitrogens with one attached hydrogen (secondary N) is 1. The minimum Gasteiger partial charge on any atom is -0.497 e. The van der Waals surface area contributed by atoms with Crippen molar-refractivity contribution in [1.82, 2.24) is 5.32 Å². The van der Waals surface area contributed by atoms with Crippen LogP contribution in [0.25, 0.3) is 0 Å². The molecule has 102 valence electrons. The van der Waals surface area contributed by atoms with Gasteiger partial charge in [0.1, 0.15) is 11.5 Å². The Kier molecular flexibility index (Phi) is 6.30. The lowest BCUT2D eigenvalue weighted by Gasteiger charge is -2.14. The van der Waals surface area contributed by atoms with Gasteiger partial charge in [-0.05, 0) is 31.0 Å². The molecule has 0 aliphatic heterocycles. The monoisotopic (exact) mass is 271 g/mol. The SMILES string of the molecule is COc1ccc(OC)c(CNC2CCCC2)c1.Cl. The smallest absolute Gasteiger partial charge is 0.123 e. The zero-order valence-electron chi connectivity index (χ0n) is 11.1. The van der Waals surface area contributed by atoms with E-state index in [0.717, 1.165) is 18.0 Å². The lowest BCUT2D eigenvalue weighted by Crippen LogP contribution is -2.25. The quantitative estimate of drug-likeness (QED) is 0.892. The van der Waals surface area contributed by atoms with Crippen molar-refractivity contribution in [2.24, 2.45) is 0 Å². The largest absolute Gasteiger partial charge is 0.497 e. The van der Waals surface area contributed by atoms with Gasteiger partial charge in [0.15, 0.2) is 0 Å². The lowest BCUT2D eigenvalue weighted by atomic mass is 10.1. The third kappa shape index (κ3) is 3.79. The molecule has 4 heteroatoms. The minimum atomic E-state index is 0. The molecule has 0 bridgehead atoms. The molecule has 1 aromatic rings. The summed E-state index contributed by atoms with van der Waals surface area (Å²) in [5.41, 5.74) is 1.17. The lowest BCUT2D eigenvalue weighted by molar-refractivity contribution is 0.395. The van der Waals surface area contributed by atoms with Gasteiger partial charge in [-0.15, -0.1) is 12.4 Å². The molecule has 1 aliphatic carbocycles. The first-order valence-electron chi connectivity index (χ1n) is 6.28. The predicted molar refractivity (Wildman–Crippen MR) is 75.9 cm³/mol. The zero-order valence-corrected chi connectivity index (χ0v) is 11.9. The number of ether oxygens (including phenoxy) is 2. The molecule has 0 radical (unpaired) electrons. The van der Waals surface area contributed by atoms with Crippen LogP contribution < -0.4 is 14.8 Å². The number of hydrogen-bond donors (Lipinski definition) is 1. The Labute approximate surface area is 115 Å². The molecule has 0 heterocycles. The van der Waals surface area contributed by atoms with Gasteiger partial charge in [-0.1, -0.05) is 12.8 Å². The summed E-state index contributed by atoms with van der Waals surface area (Å²) in [4.78, 5) is 0. The number of hydrogen-bond acceptors (Lipinski definition) is 3. The van der Waals surface area contributed by atoms with Crippen LogP contribution in [-0.2, 0) is 6.54 Å². The van der Waals surface area contributed by atoms with Gasteiger partial charge in [-0.3, -0.25) is 0 Å². The highest BCUT2D eigenvalue weighted by Gasteiger charge is 2.15. The molecule has 1 N–H and O–H groups in total. The Morgan fingerprint density at radius 1 is 1.17 bits per heavy atom. The molecule has 0 amide bonds. The van der Waals surface area contributed by atoms with Crippen LogP contribution in [0.5, 0.6) is 11.5 Å². The molecule has 0 unspecified atom stereocenters. The Bertz CT molecular complexity index is 365. The van der Waals surface area contributed by atoms with E-state index in [0.29, 0.717) is 6.04 Å². The Morgan fingerprint density at radius 2 is 1.89 bits per heavy atom. The average molecular weight is 272 g/mol. The van der Waals surface area contributed by atoms with Gasteiger partial charge in [-0.2, -0.15) is 0 Å². The number of halogens is 1. The molecule has 1 fully saturated rings. The summed E-state index contributed by atoms with van der Waals surface area (Å²) in [6.45, 7) is 0.852. The van der Waals surface area contributed by atoms with Crippen LogP contribution in [0.2, 0.25) is 0 Å². The Morgan fingerprint density at radius 3 is 2.50 bits per heavy atom. The standard InChI is InChI=1S/C14H21NO2.ClH/c1-16-13-7-8-14(17-2)11(9-13)10-15-12-5-3-4-6-12;/h7-9,12,15H,3-6,10H2,1-2H3;1H. The van der Waals surface area contributed by atoms with Crippen LogP contribution in [0.3, 0.4) is 0 Å². The van der Waals surface area contributed by atoms with Crippen LogP contribution in [0.15, 0.2) is 18.2 Å². The molecule has 1 saturated carbocycles. The zero-order chi connectivity index (χ0) is 12.1. The van der Waals surface area contributed by atoms with Gasteiger partial charge < -0.3 is 14.8 Å². The first-order chi connectivity index (χ1) is 8.33. The van der Waals surface area contributed by atoms with Gasteiger partial charge in [0.05, 0.1) is 14.2 Å². The van der Waals surface area contributed by atoms with Gasteiger partial charge >= 0.3 is 0 Å². The molecule has 0 saturated heterocycles. The van der Waals surface area contributed by atoms with E-state index in [1.165, 1.54) is 31.2 Å². The van der Waals surface area contributed by atoms with E-state index in [1.54, 1.807) is 14.2 Å². The molecule has 3 nitrogen and oxygen atoms in total. The fraction of sp³-hybridized carbons (Fsp3) is 0.571. The highest BCUT2D eigenvalue weighted by Crippen LogP contribution is 2.25. The normalized spacial score (nSPS) is 15.2. The average Bonchev–Trinajstić information content (AvgIpc) is 2.89. The van der Waals surface area contributed by atoms with E-state index in [4.69, 9.17) is 9.47 Å². The molecular formula is C14H22ClNO2. The highest BCUT2D eigenvalue weighted by atomic mass is 35.5. The molecule has 1 aromatic carbocycles. The number of methoxy groups -OCH3 is 2. The van der Waals surface area contributed by atoms with Crippen LogP contribution >= 0.6 is 12.4 Å². The van der Waals surface area contributed by atoms with Crippen molar-refractivity contribution >= 4 is 12.4 Å². The van der Waals surface area contributed by atoms with E-state index in [2.05, 4.69) is 5.32 Å². The maximum atomic E-state index is 5.36. The Balaban J connectivity index is 0.00000162. The molecule has 1 aliphatic rings. The van der Waals surface area contributed by atoms with Gasteiger partial charge in [0.25, 0.3) is 0 Å². The predicted octanol–water partition coefficient (Wildman–Crippen LogP) is 3.16. The van der Waals surface area contributed by atoms with Gasteiger partial charge in [0.2, 0.25) is 0 Å². The van der Waals surface area contributed by atoms with Crippen LogP contribution in [0, 0.1) is 0 Å². The second kappa shape index (κ2) is 7.49. The summed E-state index contributed by atoms with van der Waals surface area (Å²) in [6.07, 6.45) is 5.30. The summed E-state index contributed by atoms with van der Waals surface area (Å²) in [5, 5.41) is 3.59. The first-order valence-corrected chi connectivity index (χ1v) is 6.28. The van der Waals surface area contributed by atoms with Crippen molar-refractivity contribution in [3.8, 4) is 11.5 Å². The van der Waals surface area contributed by atoms with Crippen LogP contribution in [-0.4, -0.2) is 20.3 Å². The number of rotatable bonds is 5. The van der Waals surface area contributed by atoms with Crippen molar-refractivity contribution in [1.29, 1.82) is 0 Å². The van der Waals surface area contributed by atoms with E-state index < -0.39 is 0 Å². The maximum Gasteiger partial charge on any atom is 0.123 e. The number of benzene rings is 1. The van der Waals surface area contributed by atoms with Crippen molar-refractivity contribution < 1.29 is 9.47 Å². The van der Waals surface area contributed by atoms with Gasteiger partial charge in [0, 0.05) is 18.2 Å². The van der Waals surface area contributed by atoms with Crippen molar-refractivity contribution in [3.05, 3.63) is 23.8 Å². The third-order valence-corrected chi connectivity index (χ3v) is 3.42. The van der Waals surface area contributed by atoms with E-state index >= 15 is 0 Å². The molecule has 18 heavy (non-hydrogen) atoms. The summed E-state index contributed by atoms with van der Waals surface area (Å²) in [7, 11) is 3.40. The summed E-state index contributed by atoms with van der Waals surface area (Å²) >= 11 is 0. The molecule has 0 atom stereocenters. The van der Waals surface area contributed by atoms with Gasteiger partial charge in [-0.25, -0.2) is 0 Å². The highest BCUT2D eigenvalue weighted by molar-refractivity contribution is 5.85. The Hall–Kier alpha value is -0.930. The first kappa shape index (κ1) is 15.1. The topological polar surface area (TPSA) is 30.5 Å². The fourth-order valence-corrected chi connectivity index (χ4v) is 2.40. The molecule has 2 rings (SSSR count). The van der Waals surface area contributed by atoms with Crippen molar-refractivity contribution in [2.45, 2.75) is 38.3 Å². The third-order valence-electron chi connectivity index (χ3n) is 3.42. The second-order valence-corrected chi connectivity index (χ2v) is 4.54. The summed E-state index contributed by atoms with van der Waals surface area (Å²) in [5.74, 6) is 1.81. The van der Waals surface area contributed by atoms with Crippen LogP contribution in [0.4, 0.5) is 0 Å². The molecule has 0 aromatic heterocycles. The van der Waals surface area contributed by atoms with Crippen LogP contribution in [0.1, 0.15) is 31.2 Å². The second-order valence-electron chi connectivity index (χ2n) is 4.54. The van der Waals surface area contributed by atoms with Crippen molar-refractivity contribution in [2.75, 3.05) is 14.2 Å².